The summed E-state index contributed by atoms with van der Waals surface area (Å²) in [6, 6.07) is 7.36. The molecule has 0 amide bonds. The van der Waals surface area contributed by atoms with E-state index < -0.39 is 0 Å². The monoisotopic (exact) mass is 262 g/mol. The van der Waals surface area contributed by atoms with Crippen LogP contribution in [0.15, 0.2) is 46.1 Å². The van der Waals surface area contributed by atoms with E-state index in [0.717, 1.165) is 5.52 Å². The number of para-hydroxylation sites is 2. The number of hydrogen-bond acceptors (Lipinski definition) is 4. The number of aromatic nitrogens is 1. The summed E-state index contributed by atoms with van der Waals surface area (Å²) >= 11 is 0. The zero-order valence-corrected chi connectivity index (χ0v) is 10.8. The number of fused-ring (bicyclic) bond motifs is 1. The first kappa shape index (κ1) is 13.6. The zero-order valence-electron chi connectivity index (χ0n) is 10.8. The van der Waals surface area contributed by atoms with E-state index in [2.05, 4.69) is 6.58 Å². The molecule has 0 spiro atoms. The smallest absolute Gasteiger partial charge is 0.408 e. The normalized spacial score (nSPS) is 11.3. The molecule has 1 N–H and O–H groups in total. The van der Waals surface area contributed by atoms with Crippen LogP contribution in [0.25, 0.3) is 11.1 Å². The number of rotatable bonds is 7. The maximum absolute atomic E-state index is 11.8. The fourth-order valence-electron chi connectivity index (χ4n) is 2.09. The molecule has 0 saturated heterocycles. The van der Waals surface area contributed by atoms with Gasteiger partial charge in [0.15, 0.2) is 5.58 Å². The van der Waals surface area contributed by atoms with Crippen molar-refractivity contribution in [3.8, 4) is 0 Å². The largest absolute Gasteiger partial charge is 0.419 e. The van der Waals surface area contributed by atoms with Crippen LogP contribution >= 0.6 is 0 Å². The summed E-state index contributed by atoms with van der Waals surface area (Å²) in [5.41, 5.74) is 1.40. The molecule has 5 nitrogen and oxygen atoms in total. The summed E-state index contributed by atoms with van der Waals surface area (Å²) in [7, 11) is 0. The summed E-state index contributed by atoms with van der Waals surface area (Å²) in [5, 5.41) is 8.98. The molecule has 1 aromatic heterocycles. The first-order valence-electron chi connectivity index (χ1n) is 6.28. The van der Waals surface area contributed by atoms with Crippen LogP contribution in [0.1, 0.15) is 0 Å². The molecule has 0 saturated carbocycles. The van der Waals surface area contributed by atoms with Crippen LogP contribution in [-0.2, 0) is 6.54 Å². The van der Waals surface area contributed by atoms with E-state index in [1.807, 2.05) is 23.1 Å². The van der Waals surface area contributed by atoms with Gasteiger partial charge in [0, 0.05) is 26.2 Å². The number of hydrogen-bond donors (Lipinski definition) is 1. The molecule has 5 heteroatoms. The van der Waals surface area contributed by atoms with E-state index in [4.69, 9.17) is 9.52 Å². The lowest BCUT2D eigenvalue weighted by molar-refractivity contribution is 0.203. The summed E-state index contributed by atoms with van der Waals surface area (Å²) < 4.78 is 6.78. The Morgan fingerprint density at radius 3 is 2.89 bits per heavy atom. The molecule has 1 aromatic carbocycles. The molecule has 2 aromatic rings. The number of nitrogens with zero attached hydrogens (tertiary/aromatic N) is 2. The molecule has 0 bridgehead atoms. The van der Waals surface area contributed by atoms with Crippen LogP contribution < -0.4 is 5.76 Å². The minimum atomic E-state index is -0.344. The lowest BCUT2D eigenvalue weighted by Gasteiger charge is -2.19. The SMILES string of the molecule is C=CCN(CCO)CCn1c(=O)oc2ccccc21. The van der Waals surface area contributed by atoms with E-state index in [0.29, 0.717) is 31.8 Å². The molecule has 1 heterocycles. The number of oxazole rings is 1. The second-order valence-corrected chi connectivity index (χ2v) is 4.30. The molecular weight excluding hydrogens is 244 g/mol. The van der Waals surface area contributed by atoms with Crippen molar-refractivity contribution in [1.82, 2.24) is 9.47 Å². The highest BCUT2D eigenvalue weighted by molar-refractivity contribution is 5.72. The molecule has 2 rings (SSSR count). The van der Waals surface area contributed by atoms with Crippen molar-refractivity contribution >= 4 is 11.1 Å². The van der Waals surface area contributed by atoms with Gasteiger partial charge in [0.1, 0.15) is 0 Å². The van der Waals surface area contributed by atoms with Gasteiger partial charge in [-0.15, -0.1) is 6.58 Å². The van der Waals surface area contributed by atoms with Gasteiger partial charge in [-0.25, -0.2) is 4.79 Å². The van der Waals surface area contributed by atoms with Gasteiger partial charge < -0.3 is 9.52 Å². The third-order valence-electron chi connectivity index (χ3n) is 3.02. The molecule has 0 aliphatic rings. The van der Waals surface area contributed by atoms with Gasteiger partial charge in [-0.1, -0.05) is 18.2 Å². The molecule has 0 unspecified atom stereocenters. The zero-order chi connectivity index (χ0) is 13.7. The minimum Gasteiger partial charge on any atom is -0.408 e. The van der Waals surface area contributed by atoms with Crippen LogP contribution in [-0.4, -0.2) is 40.8 Å². The molecule has 102 valence electrons. The van der Waals surface area contributed by atoms with Crippen molar-refractivity contribution in [1.29, 1.82) is 0 Å². The molecule has 0 aliphatic heterocycles. The van der Waals surface area contributed by atoms with E-state index >= 15 is 0 Å². The second-order valence-electron chi connectivity index (χ2n) is 4.30. The Morgan fingerprint density at radius 2 is 2.16 bits per heavy atom. The van der Waals surface area contributed by atoms with Crippen molar-refractivity contribution in [3.05, 3.63) is 47.5 Å². The Labute approximate surface area is 111 Å². The Kier molecular flexibility index (Phi) is 4.54. The van der Waals surface area contributed by atoms with Gasteiger partial charge in [0.2, 0.25) is 0 Å². The van der Waals surface area contributed by atoms with Crippen molar-refractivity contribution < 1.29 is 9.52 Å². The molecule has 0 radical (unpaired) electrons. The van der Waals surface area contributed by atoms with Gasteiger partial charge in [0.05, 0.1) is 12.1 Å². The third kappa shape index (κ3) is 3.13. The first-order valence-corrected chi connectivity index (χ1v) is 6.28. The minimum absolute atomic E-state index is 0.0921. The summed E-state index contributed by atoms with van der Waals surface area (Å²) in [5.74, 6) is -0.344. The molecule has 19 heavy (non-hydrogen) atoms. The fourth-order valence-corrected chi connectivity index (χ4v) is 2.09. The number of benzene rings is 1. The maximum Gasteiger partial charge on any atom is 0.419 e. The van der Waals surface area contributed by atoms with E-state index in [1.165, 1.54) is 0 Å². The standard InChI is InChI=1S/C14H18N2O3/c1-2-7-15(10-11-17)8-9-16-12-5-3-4-6-13(12)19-14(16)18/h2-6,17H,1,7-11H2. The predicted molar refractivity (Wildman–Crippen MR) is 74.2 cm³/mol. The highest BCUT2D eigenvalue weighted by Gasteiger charge is 2.09. The molecule has 0 fully saturated rings. The molecule has 0 aliphatic carbocycles. The van der Waals surface area contributed by atoms with Gasteiger partial charge in [-0.3, -0.25) is 9.47 Å². The number of aliphatic hydroxyl groups excluding tert-OH is 1. The summed E-state index contributed by atoms with van der Waals surface area (Å²) in [4.78, 5) is 13.8. The highest BCUT2D eigenvalue weighted by atomic mass is 16.4. The van der Waals surface area contributed by atoms with Gasteiger partial charge in [-0.05, 0) is 12.1 Å². The average Bonchev–Trinajstić information content (AvgIpc) is 2.72. The van der Waals surface area contributed by atoms with E-state index in [9.17, 15) is 4.79 Å². The van der Waals surface area contributed by atoms with Crippen LogP contribution in [0.3, 0.4) is 0 Å². The van der Waals surface area contributed by atoms with Gasteiger partial charge in [-0.2, -0.15) is 0 Å². The Morgan fingerprint density at radius 1 is 1.37 bits per heavy atom. The number of aliphatic hydroxyl groups is 1. The quantitative estimate of drug-likeness (QED) is 0.758. The maximum atomic E-state index is 11.8. The third-order valence-corrected chi connectivity index (χ3v) is 3.02. The second kappa shape index (κ2) is 6.36. The van der Waals surface area contributed by atoms with Crippen LogP contribution in [0.2, 0.25) is 0 Å². The van der Waals surface area contributed by atoms with Crippen molar-refractivity contribution in [3.63, 3.8) is 0 Å². The van der Waals surface area contributed by atoms with Gasteiger partial charge in [0.25, 0.3) is 0 Å². The van der Waals surface area contributed by atoms with Crippen molar-refractivity contribution in [2.24, 2.45) is 0 Å². The Hall–Kier alpha value is -1.85. The molecular formula is C14H18N2O3. The van der Waals surface area contributed by atoms with Crippen LogP contribution in [0.5, 0.6) is 0 Å². The Balaban J connectivity index is 2.14. The Bertz CT molecular complexity index is 600. The average molecular weight is 262 g/mol. The highest BCUT2D eigenvalue weighted by Crippen LogP contribution is 2.11. The topological polar surface area (TPSA) is 58.6 Å². The van der Waals surface area contributed by atoms with Crippen LogP contribution in [0, 0.1) is 0 Å². The van der Waals surface area contributed by atoms with Crippen molar-refractivity contribution in [2.75, 3.05) is 26.2 Å². The lowest BCUT2D eigenvalue weighted by atomic mass is 10.3. The van der Waals surface area contributed by atoms with Gasteiger partial charge >= 0.3 is 5.76 Å². The first-order chi connectivity index (χ1) is 9.26. The predicted octanol–water partition coefficient (Wildman–Crippen LogP) is 1.07. The van der Waals surface area contributed by atoms with E-state index in [1.54, 1.807) is 16.7 Å². The summed E-state index contributed by atoms with van der Waals surface area (Å²) in [6.07, 6.45) is 1.78. The van der Waals surface area contributed by atoms with Crippen LogP contribution in [0.4, 0.5) is 0 Å². The lowest BCUT2D eigenvalue weighted by Crippen LogP contribution is -2.32. The molecule has 0 atom stereocenters. The van der Waals surface area contributed by atoms with E-state index in [-0.39, 0.29) is 12.4 Å². The van der Waals surface area contributed by atoms with Crippen molar-refractivity contribution in [2.45, 2.75) is 6.54 Å². The fraction of sp³-hybridized carbons (Fsp3) is 0.357. The summed E-state index contributed by atoms with van der Waals surface area (Å²) in [6.45, 7) is 6.22.